The van der Waals surface area contributed by atoms with Gasteiger partial charge in [-0.2, -0.15) is 5.10 Å². The van der Waals surface area contributed by atoms with Crippen molar-refractivity contribution in [2.75, 3.05) is 14.2 Å². The van der Waals surface area contributed by atoms with Crippen LogP contribution in [0.2, 0.25) is 5.02 Å². The summed E-state index contributed by atoms with van der Waals surface area (Å²) in [6.07, 6.45) is 1.49. The highest BCUT2D eigenvalue weighted by atomic mass is 35.5. The fourth-order valence-corrected chi connectivity index (χ4v) is 3.04. The lowest BCUT2D eigenvalue weighted by Crippen LogP contribution is -2.17. The lowest BCUT2D eigenvalue weighted by atomic mass is 10.1. The first kappa shape index (κ1) is 22.2. The van der Waals surface area contributed by atoms with E-state index in [-0.39, 0.29) is 5.91 Å². The zero-order valence-electron chi connectivity index (χ0n) is 17.5. The lowest BCUT2D eigenvalue weighted by molar-refractivity contribution is 0.0955. The van der Waals surface area contributed by atoms with Crippen molar-refractivity contribution in [3.05, 3.63) is 87.9 Å². The third-order valence-corrected chi connectivity index (χ3v) is 4.77. The quantitative estimate of drug-likeness (QED) is 0.396. The molecule has 7 heteroatoms. The maximum Gasteiger partial charge on any atom is 0.271 e. The molecule has 6 nitrogen and oxygen atoms in total. The van der Waals surface area contributed by atoms with Crippen LogP contribution in [-0.4, -0.2) is 26.3 Å². The molecule has 0 aliphatic rings. The van der Waals surface area contributed by atoms with Crippen molar-refractivity contribution in [2.24, 2.45) is 5.10 Å². The van der Waals surface area contributed by atoms with Crippen LogP contribution in [-0.2, 0) is 6.61 Å². The summed E-state index contributed by atoms with van der Waals surface area (Å²) >= 11 is 6.40. The minimum absolute atomic E-state index is 0.338. The summed E-state index contributed by atoms with van der Waals surface area (Å²) in [6.45, 7) is 2.39. The molecular weight excluding hydrogens is 416 g/mol. The highest BCUT2D eigenvalue weighted by Gasteiger charge is 2.12. The van der Waals surface area contributed by atoms with E-state index in [4.69, 9.17) is 25.8 Å². The number of hydrazone groups is 1. The molecule has 0 aliphatic carbocycles. The largest absolute Gasteiger partial charge is 0.497 e. The van der Waals surface area contributed by atoms with Gasteiger partial charge in [0.2, 0.25) is 0 Å². The van der Waals surface area contributed by atoms with Crippen LogP contribution in [0.25, 0.3) is 0 Å². The van der Waals surface area contributed by atoms with Gasteiger partial charge >= 0.3 is 0 Å². The van der Waals surface area contributed by atoms with Gasteiger partial charge in [0.15, 0.2) is 11.5 Å². The van der Waals surface area contributed by atoms with Crippen LogP contribution in [0, 0.1) is 6.92 Å². The Morgan fingerprint density at radius 2 is 1.74 bits per heavy atom. The minimum atomic E-state index is -0.338. The molecule has 160 valence electrons. The Balaban J connectivity index is 1.66. The van der Waals surface area contributed by atoms with Crippen molar-refractivity contribution < 1.29 is 19.0 Å². The second-order valence-corrected chi connectivity index (χ2v) is 7.14. The van der Waals surface area contributed by atoms with E-state index in [2.05, 4.69) is 10.5 Å². The van der Waals surface area contributed by atoms with Gasteiger partial charge in [0, 0.05) is 5.56 Å². The number of hydrogen-bond donors (Lipinski definition) is 1. The van der Waals surface area contributed by atoms with E-state index in [1.807, 2.05) is 31.2 Å². The monoisotopic (exact) mass is 438 g/mol. The molecule has 1 amide bonds. The van der Waals surface area contributed by atoms with E-state index in [0.29, 0.717) is 40.0 Å². The van der Waals surface area contributed by atoms with Crippen LogP contribution in [0.3, 0.4) is 0 Å². The van der Waals surface area contributed by atoms with Crippen LogP contribution in [0.15, 0.2) is 65.8 Å². The number of carbonyl (C=O) groups excluding carboxylic acids is 1. The standard InChI is InChI=1S/C24H23ClN2O4/c1-16-4-6-17(7-5-16)15-31-23-21(25)12-18(13-22(23)30-3)14-26-27-24(28)19-8-10-20(29-2)11-9-19/h4-14H,15H2,1-3H3,(H,27,28)/b26-14-. The average molecular weight is 439 g/mol. The molecule has 0 atom stereocenters. The molecule has 0 unspecified atom stereocenters. The molecule has 0 radical (unpaired) electrons. The number of nitrogens with zero attached hydrogens (tertiary/aromatic N) is 1. The van der Waals surface area contributed by atoms with E-state index in [1.54, 1.807) is 43.5 Å². The van der Waals surface area contributed by atoms with E-state index < -0.39 is 0 Å². The number of benzene rings is 3. The van der Waals surface area contributed by atoms with Gasteiger partial charge in [-0.1, -0.05) is 41.4 Å². The number of ether oxygens (including phenoxy) is 3. The first-order valence-electron chi connectivity index (χ1n) is 9.53. The van der Waals surface area contributed by atoms with Gasteiger partial charge in [-0.25, -0.2) is 5.43 Å². The molecule has 1 N–H and O–H groups in total. The molecule has 31 heavy (non-hydrogen) atoms. The predicted molar refractivity (Wildman–Crippen MR) is 122 cm³/mol. The van der Waals surface area contributed by atoms with Crippen LogP contribution >= 0.6 is 11.6 Å². The number of rotatable bonds is 8. The first-order valence-corrected chi connectivity index (χ1v) is 9.91. The molecule has 0 bridgehead atoms. The summed E-state index contributed by atoms with van der Waals surface area (Å²) in [5.41, 5.74) is 5.81. The summed E-state index contributed by atoms with van der Waals surface area (Å²) in [6, 6.07) is 18.2. The number of hydrogen-bond acceptors (Lipinski definition) is 5. The minimum Gasteiger partial charge on any atom is -0.497 e. The summed E-state index contributed by atoms with van der Waals surface area (Å²) in [5, 5.41) is 4.38. The molecule has 0 saturated heterocycles. The van der Waals surface area contributed by atoms with Gasteiger partial charge in [-0.3, -0.25) is 4.79 Å². The maximum atomic E-state index is 12.2. The van der Waals surface area contributed by atoms with Gasteiger partial charge in [0.05, 0.1) is 25.5 Å². The average Bonchev–Trinajstić information content (AvgIpc) is 2.79. The summed E-state index contributed by atoms with van der Waals surface area (Å²) in [7, 11) is 3.11. The van der Waals surface area contributed by atoms with Crippen molar-refractivity contribution in [1.82, 2.24) is 5.43 Å². The van der Waals surface area contributed by atoms with Crippen LogP contribution < -0.4 is 19.6 Å². The third kappa shape index (κ3) is 5.99. The molecular formula is C24H23ClN2O4. The Bertz CT molecular complexity index is 1060. The van der Waals surface area contributed by atoms with Gasteiger partial charge in [0.1, 0.15) is 12.4 Å². The van der Waals surface area contributed by atoms with Crippen LogP contribution in [0.5, 0.6) is 17.2 Å². The second-order valence-electron chi connectivity index (χ2n) is 6.74. The molecule has 0 aliphatic heterocycles. The molecule has 0 heterocycles. The van der Waals surface area contributed by atoms with E-state index in [1.165, 1.54) is 18.9 Å². The van der Waals surface area contributed by atoms with Gasteiger partial charge in [-0.05, 0) is 54.4 Å². The highest BCUT2D eigenvalue weighted by Crippen LogP contribution is 2.36. The van der Waals surface area contributed by atoms with Gasteiger partial charge < -0.3 is 14.2 Å². The third-order valence-electron chi connectivity index (χ3n) is 4.49. The van der Waals surface area contributed by atoms with Crippen LogP contribution in [0.4, 0.5) is 0 Å². The molecule has 0 spiro atoms. The fourth-order valence-electron chi connectivity index (χ4n) is 2.77. The summed E-state index contributed by atoms with van der Waals surface area (Å²) in [4.78, 5) is 12.2. The molecule has 0 fully saturated rings. The van der Waals surface area contributed by atoms with E-state index >= 15 is 0 Å². The topological polar surface area (TPSA) is 69.2 Å². The predicted octanol–water partition coefficient (Wildman–Crippen LogP) is 5.01. The SMILES string of the molecule is COc1ccc(C(=O)N/N=C\c2cc(Cl)c(OCc3ccc(C)cc3)c(OC)c2)cc1. The number of halogens is 1. The number of amides is 1. The second kappa shape index (κ2) is 10.5. The molecule has 3 aromatic rings. The van der Waals surface area contributed by atoms with Crippen molar-refractivity contribution in [2.45, 2.75) is 13.5 Å². The highest BCUT2D eigenvalue weighted by molar-refractivity contribution is 6.32. The summed E-state index contributed by atoms with van der Waals surface area (Å²) < 4.78 is 16.4. The lowest BCUT2D eigenvalue weighted by Gasteiger charge is -2.13. The van der Waals surface area contributed by atoms with Crippen molar-refractivity contribution in [3.8, 4) is 17.2 Å². The van der Waals surface area contributed by atoms with Crippen molar-refractivity contribution in [1.29, 1.82) is 0 Å². The van der Waals surface area contributed by atoms with Gasteiger partial charge in [0.25, 0.3) is 5.91 Å². The number of aryl methyl sites for hydroxylation is 1. The Kier molecular flexibility index (Phi) is 7.51. The molecule has 3 aromatic carbocycles. The van der Waals surface area contributed by atoms with Crippen LogP contribution in [0.1, 0.15) is 27.0 Å². The number of methoxy groups -OCH3 is 2. The Hall–Kier alpha value is -3.51. The normalized spacial score (nSPS) is 10.7. The molecule has 0 aromatic heterocycles. The number of nitrogens with one attached hydrogen (secondary N) is 1. The van der Waals surface area contributed by atoms with E-state index in [0.717, 1.165) is 5.56 Å². The van der Waals surface area contributed by atoms with Crippen molar-refractivity contribution in [3.63, 3.8) is 0 Å². The van der Waals surface area contributed by atoms with Crippen molar-refractivity contribution >= 4 is 23.7 Å². The Morgan fingerprint density at radius 1 is 1.03 bits per heavy atom. The smallest absolute Gasteiger partial charge is 0.271 e. The number of carbonyl (C=O) groups is 1. The zero-order valence-corrected chi connectivity index (χ0v) is 18.3. The molecule has 0 saturated carbocycles. The zero-order chi connectivity index (χ0) is 22.2. The maximum absolute atomic E-state index is 12.2. The summed E-state index contributed by atoms with van der Waals surface area (Å²) in [5.74, 6) is 1.26. The van der Waals surface area contributed by atoms with E-state index in [9.17, 15) is 4.79 Å². The van der Waals surface area contributed by atoms with Gasteiger partial charge in [-0.15, -0.1) is 0 Å². The Morgan fingerprint density at radius 3 is 2.39 bits per heavy atom. The molecule has 3 rings (SSSR count). The first-order chi connectivity index (χ1) is 15.0. The fraction of sp³-hybridized carbons (Fsp3) is 0.167. The Labute approximate surface area is 186 Å².